The van der Waals surface area contributed by atoms with Crippen LogP contribution in [0.3, 0.4) is 0 Å². The summed E-state index contributed by atoms with van der Waals surface area (Å²) in [6.07, 6.45) is 7.23. The Hall–Kier alpha value is -0.340. The molecule has 0 aromatic heterocycles. The quantitative estimate of drug-likeness (QED) is 0.674. The Morgan fingerprint density at radius 1 is 1.40 bits per heavy atom. The molecule has 2 bridgehead atoms. The lowest BCUT2D eigenvalue weighted by molar-refractivity contribution is -0.190. The zero-order chi connectivity index (χ0) is 11.3. The molecule has 0 aromatic carbocycles. The van der Waals surface area contributed by atoms with Gasteiger partial charge in [0.1, 0.15) is 11.2 Å². The molecule has 1 saturated carbocycles. The van der Waals surface area contributed by atoms with Gasteiger partial charge in [0.15, 0.2) is 0 Å². The predicted octanol–water partition coefficient (Wildman–Crippen LogP) is 2.52. The third kappa shape index (κ3) is 1.31. The van der Waals surface area contributed by atoms with Crippen LogP contribution in [0.4, 0.5) is 0 Å². The summed E-state index contributed by atoms with van der Waals surface area (Å²) in [6, 6.07) is 0. The third-order valence-electron chi connectivity index (χ3n) is 4.35. The van der Waals surface area contributed by atoms with Crippen molar-refractivity contribution >= 4 is 0 Å². The molecule has 0 aliphatic heterocycles. The summed E-state index contributed by atoms with van der Waals surface area (Å²) < 4.78 is 5.71. The molecule has 0 aromatic rings. The second-order valence-electron chi connectivity index (χ2n) is 6.08. The fraction of sp³-hybridized carbons (Fsp3) is 0.846. The Kier molecular flexibility index (Phi) is 2.29. The van der Waals surface area contributed by atoms with E-state index in [1.807, 2.05) is 6.08 Å². The van der Waals surface area contributed by atoms with Crippen LogP contribution in [0.25, 0.3) is 0 Å². The van der Waals surface area contributed by atoms with Crippen LogP contribution in [0.1, 0.15) is 40.0 Å². The van der Waals surface area contributed by atoms with Crippen molar-refractivity contribution in [3.63, 3.8) is 0 Å². The van der Waals surface area contributed by atoms with E-state index in [0.717, 1.165) is 19.3 Å². The lowest BCUT2D eigenvalue weighted by Crippen LogP contribution is -2.61. The summed E-state index contributed by atoms with van der Waals surface area (Å²) >= 11 is 0. The van der Waals surface area contributed by atoms with Gasteiger partial charge in [0.05, 0.1) is 0 Å². The smallest absolute Gasteiger partial charge is 0.116 e. The SMILES string of the molecule is CO[C@]12CC[C@H](C=C[C@@]1(O)C(C)(C)C)C2. The molecule has 0 unspecified atom stereocenters. The molecule has 1 N–H and O–H groups in total. The van der Waals surface area contributed by atoms with Crippen molar-refractivity contribution < 1.29 is 9.84 Å². The molecule has 0 amide bonds. The maximum Gasteiger partial charge on any atom is 0.116 e. The third-order valence-corrected chi connectivity index (χ3v) is 4.35. The number of aliphatic hydroxyl groups is 1. The predicted molar refractivity (Wildman–Crippen MR) is 60.6 cm³/mol. The van der Waals surface area contributed by atoms with Gasteiger partial charge in [-0.3, -0.25) is 0 Å². The Labute approximate surface area is 92.3 Å². The van der Waals surface area contributed by atoms with Crippen LogP contribution >= 0.6 is 0 Å². The number of fused-ring (bicyclic) bond motifs is 2. The van der Waals surface area contributed by atoms with E-state index in [1.54, 1.807) is 7.11 Å². The van der Waals surface area contributed by atoms with Gasteiger partial charge in [-0.1, -0.05) is 32.9 Å². The molecular weight excluding hydrogens is 188 g/mol. The van der Waals surface area contributed by atoms with Crippen LogP contribution in [-0.2, 0) is 4.74 Å². The molecule has 86 valence electrons. The molecule has 2 aliphatic rings. The van der Waals surface area contributed by atoms with Crippen LogP contribution in [0.2, 0.25) is 0 Å². The normalized spacial score (nSPS) is 44.7. The molecular formula is C13H22O2. The number of rotatable bonds is 1. The Bertz CT molecular complexity index is 289. The summed E-state index contributed by atoms with van der Waals surface area (Å²) in [6.45, 7) is 6.24. The lowest BCUT2D eigenvalue weighted by Gasteiger charge is -2.51. The Morgan fingerprint density at radius 2 is 2.07 bits per heavy atom. The number of ether oxygens (including phenoxy) is 1. The first-order valence-electron chi connectivity index (χ1n) is 5.81. The van der Waals surface area contributed by atoms with E-state index in [0.29, 0.717) is 5.92 Å². The summed E-state index contributed by atoms with van der Waals surface area (Å²) in [5, 5.41) is 10.9. The number of hydrogen-bond donors (Lipinski definition) is 1. The van der Waals surface area contributed by atoms with Gasteiger partial charge >= 0.3 is 0 Å². The molecule has 0 heterocycles. The maximum absolute atomic E-state index is 10.9. The highest BCUT2D eigenvalue weighted by Crippen LogP contribution is 2.54. The van der Waals surface area contributed by atoms with Crippen LogP contribution in [0.5, 0.6) is 0 Å². The molecule has 0 saturated heterocycles. The molecule has 0 spiro atoms. The van der Waals surface area contributed by atoms with Crippen LogP contribution in [0.15, 0.2) is 12.2 Å². The first-order valence-corrected chi connectivity index (χ1v) is 5.81. The monoisotopic (exact) mass is 210 g/mol. The minimum absolute atomic E-state index is 0.186. The zero-order valence-corrected chi connectivity index (χ0v) is 10.2. The minimum atomic E-state index is -0.832. The van der Waals surface area contributed by atoms with Crippen LogP contribution in [0, 0.1) is 11.3 Å². The largest absolute Gasteiger partial charge is 0.382 e. The second kappa shape index (κ2) is 3.08. The van der Waals surface area contributed by atoms with Gasteiger partial charge in [-0.25, -0.2) is 0 Å². The first-order chi connectivity index (χ1) is 6.85. The maximum atomic E-state index is 10.9. The van der Waals surface area contributed by atoms with Gasteiger partial charge in [0.2, 0.25) is 0 Å². The van der Waals surface area contributed by atoms with E-state index < -0.39 is 5.60 Å². The number of methoxy groups -OCH3 is 1. The summed E-state index contributed by atoms with van der Waals surface area (Å²) in [5.41, 5.74) is -1.37. The van der Waals surface area contributed by atoms with Gasteiger partial charge in [-0.05, 0) is 30.6 Å². The zero-order valence-electron chi connectivity index (χ0n) is 10.2. The fourth-order valence-corrected chi connectivity index (χ4v) is 3.26. The van der Waals surface area contributed by atoms with Crippen LogP contribution < -0.4 is 0 Å². The first kappa shape index (κ1) is 11.2. The summed E-state index contributed by atoms with van der Waals surface area (Å²) in [7, 11) is 1.73. The summed E-state index contributed by atoms with van der Waals surface area (Å²) in [4.78, 5) is 0. The molecule has 2 heteroatoms. The fourth-order valence-electron chi connectivity index (χ4n) is 3.26. The van der Waals surface area contributed by atoms with E-state index in [9.17, 15) is 5.11 Å². The van der Waals surface area contributed by atoms with E-state index in [4.69, 9.17) is 4.74 Å². The molecule has 0 radical (unpaired) electrons. The molecule has 1 fully saturated rings. The van der Waals surface area contributed by atoms with Crippen molar-refractivity contribution in [3.8, 4) is 0 Å². The topological polar surface area (TPSA) is 29.5 Å². The Morgan fingerprint density at radius 3 is 2.60 bits per heavy atom. The van der Waals surface area contributed by atoms with Crippen molar-refractivity contribution in [2.24, 2.45) is 11.3 Å². The molecule has 2 aliphatic carbocycles. The van der Waals surface area contributed by atoms with Gasteiger partial charge in [0, 0.05) is 7.11 Å². The van der Waals surface area contributed by atoms with Crippen molar-refractivity contribution in [1.82, 2.24) is 0 Å². The second-order valence-corrected chi connectivity index (χ2v) is 6.08. The van der Waals surface area contributed by atoms with Gasteiger partial charge < -0.3 is 9.84 Å². The minimum Gasteiger partial charge on any atom is -0.382 e. The average molecular weight is 210 g/mol. The Balaban J connectivity index is 2.47. The number of hydrogen-bond acceptors (Lipinski definition) is 2. The van der Waals surface area contributed by atoms with E-state index in [1.165, 1.54) is 0 Å². The highest BCUT2D eigenvalue weighted by molar-refractivity contribution is 5.26. The van der Waals surface area contributed by atoms with Crippen molar-refractivity contribution in [2.75, 3.05) is 7.11 Å². The van der Waals surface area contributed by atoms with Gasteiger partial charge in [-0.2, -0.15) is 0 Å². The van der Waals surface area contributed by atoms with Crippen molar-refractivity contribution in [1.29, 1.82) is 0 Å². The van der Waals surface area contributed by atoms with E-state index in [-0.39, 0.29) is 11.0 Å². The summed E-state index contributed by atoms with van der Waals surface area (Å²) in [5.74, 6) is 0.604. The highest BCUT2D eigenvalue weighted by atomic mass is 16.5. The molecule has 3 atom stereocenters. The molecule has 2 nitrogen and oxygen atoms in total. The number of allylic oxidation sites excluding steroid dienone is 1. The standard InChI is InChI=1S/C13H22O2/c1-11(2,3)13(14)8-6-10-5-7-12(13,9-10)15-4/h6,8,10,14H,5,7,9H2,1-4H3/t10-,12+,13-/m1/s1. The molecule has 15 heavy (non-hydrogen) atoms. The van der Waals surface area contributed by atoms with Gasteiger partial charge in [0.25, 0.3) is 0 Å². The van der Waals surface area contributed by atoms with E-state index in [2.05, 4.69) is 26.8 Å². The van der Waals surface area contributed by atoms with Gasteiger partial charge in [-0.15, -0.1) is 0 Å². The lowest BCUT2D eigenvalue weighted by atomic mass is 9.63. The highest BCUT2D eigenvalue weighted by Gasteiger charge is 2.60. The van der Waals surface area contributed by atoms with Crippen molar-refractivity contribution in [3.05, 3.63) is 12.2 Å². The van der Waals surface area contributed by atoms with Crippen LogP contribution in [-0.4, -0.2) is 23.4 Å². The van der Waals surface area contributed by atoms with E-state index >= 15 is 0 Å². The molecule has 2 rings (SSSR count). The van der Waals surface area contributed by atoms with Crippen molar-refractivity contribution in [2.45, 2.75) is 51.2 Å². The average Bonchev–Trinajstić information content (AvgIpc) is 2.52.